The zero-order chi connectivity index (χ0) is 26.3. The first-order valence-electron chi connectivity index (χ1n) is 12.0. The van der Waals surface area contributed by atoms with Crippen LogP contribution >= 0.6 is 11.3 Å². The zero-order valence-electron chi connectivity index (χ0n) is 20.1. The summed E-state index contributed by atoms with van der Waals surface area (Å²) in [6, 6.07) is 16.4. The molecule has 1 atom stereocenters. The number of nitrogens with one attached hydrogen (secondary N) is 3. The second-order valence-electron chi connectivity index (χ2n) is 8.89. The maximum absolute atomic E-state index is 13.7. The number of pyridine rings is 3. The van der Waals surface area contributed by atoms with Crippen LogP contribution in [0.3, 0.4) is 0 Å². The fraction of sp³-hybridized carbons (Fsp3) is 0.0357. The zero-order valence-corrected chi connectivity index (χ0v) is 20.9. The van der Waals surface area contributed by atoms with Crippen molar-refractivity contribution in [2.24, 2.45) is 0 Å². The van der Waals surface area contributed by atoms with Crippen molar-refractivity contribution in [3.05, 3.63) is 96.3 Å². The number of fused-ring (bicyclic) bond motifs is 2. The Kier molecular flexibility index (Phi) is 5.57. The lowest BCUT2D eigenvalue weighted by Crippen LogP contribution is -2.09. The Hall–Kier alpha value is -5.00. The molecular formula is C28H19FN8OS. The summed E-state index contributed by atoms with van der Waals surface area (Å²) in [5, 5.41) is 21.6. The molecular weight excluding hydrogens is 515 g/mol. The molecule has 0 fully saturated rings. The van der Waals surface area contributed by atoms with Crippen LogP contribution in [0, 0.1) is 5.13 Å². The quantitative estimate of drug-likeness (QED) is 0.195. The molecule has 39 heavy (non-hydrogen) atoms. The van der Waals surface area contributed by atoms with Crippen LogP contribution in [0.2, 0.25) is 0 Å². The van der Waals surface area contributed by atoms with Crippen molar-refractivity contribution in [2.45, 2.75) is 6.23 Å². The maximum Gasteiger partial charge on any atom is 0.181 e. The monoisotopic (exact) mass is 534 g/mol. The Bertz CT molecular complexity index is 1950. The minimum Gasteiger partial charge on any atom is -0.369 e. The molecule has 1 unspecified atom stereocenters. The lowest BCUT2D eigenvalue weighted by Gasteiger charge is -2.15. The molecule has 0 aliphatic rings. The van der Waals surface area contributed by atoms with E-state index in [0.29, 0.717) is 28.4 Å². The molecule has 0 saturated carbocycles. The number of aromatic amines is 2. The SMILES string of the molecule is OC(Nc1cncc(-c2cnc3n[nH]c(-c4nc5c(-c6ccc(F)s6)cncc5[nH]4)c3c2)c1)c1ccccc1. The molecule has 4 N–H and O–H groups in total. The van der Waals surface area contributed by atoms with Gasteiger partial charge in [0.1, 0.15) is 11.2 Å². The van der Waals surface area contributed by atoms with Gasteiger partial charge in [-0.1, -0.05) is 30.3 Å². The average molecular weight is 535 g/mol. The van der Waals surface area contributed by atoms with E-state index in [4.69, 9.17) is 4.98 Å². The Morgan fingerprint density at radius 3 is 2.62 bits per heavy atom. The summed E-state index contributed by atoms with van der Waals surface area (Å²) < 4.78 is 13.7. The van der Waals surface area contributed by atoms with Gasteiger partial charge in [-0.25, -0.2) is 9.97 Å². The number of imidazole rings is 1. The Labute approximate surface area is 224 Å². The van der Waals surface area contributed by atoms with E-state index in [2.05, 4.69) is 35.5 Å². The van der Waals surface area contributed by atoms with E-state index in [1.54, 1.807) is 37.1 Å². The van der Waals surface area contributed by atoms with Gasteiger partial charge in [-0.2, -0.15) is 9.49 Å². The Morgan fingerprint density at radius 1 is 0.923 bits per heavy atom. The summed E-state index contributed by atoms with van der Waals surface area (Å²) in [5.74, 6) is 0.567. The standard InChI is InChI=1S/C28H19FN8OS/c29-23-7-6-22(39-23)20-13-31-14-21-24(20)35-27(34-21)25-19-9-17(11-32-26(19)37-36-25)16-8-18(12-30-10-16)33-28(38)15-4-2-1-3-5-15/h1-14,28,33,38H,(H,34,35)(H,32,36,37). The van der Waals surface area contributed by atoms with E-state index in [-0.39, 0.29) is 5.13 Å². The summed E-state index contributed by atoms with van der Waals surface area (Å²) in [4.78, 5) is 22.0. The summed E-state index contributed by atoms with van der Waals surface area (Å²) in [6.45, 7) is 0. The number of halogens is 1. The highest BCUT2D eigenvalue weighted by molar-refractivity contribution is 7.14. The van der Waals surface area contributed by atoms with Gasteiger partial charge in [0.2, 0.25) is 0 Å². The highest BCUT2D eigenvalue weighted by atomic mass is 32.1. The van der Waals surface area contributed by atoms with Gasteiger partial charge in [-0.3, -0.25) is 15.1 Å². The second kappa shape index (κ2) is 9.39. The number of anilines is 1. The molecule has 11 heteroatoms. The predicted molar refractivity (Wildman–Crippen MR) is 148 cm³/mol. The van der Waals surface area contributed by atoms with Gasteiger partial charge < -0.3 is 15.4 Å². The maximum atomic E-state index is 13.7. The van der Waals surface area contributed by atoms with Crippen LogP contribution in [0.1, 0.15) is 11.8 Å². The third-order valence-electron chi connectivity index (χ3n) is 6.37. The molecule has 0 aliphatic carbocycles. The average Bonchev–Trinajstić information content (AvgIpc) is 3.71. The Morgan fingerprint density at radius 2 is 1.77 bits per heavy atom. The molecule has 0 spiro atoms. The third-order valence-corrected chi connectivity index (χ3v) is 7.28. The van der Waals surface area contributed by atoms with Crippen LogP contribution in [0.25, 0.3) is 55.2 Å². The van der Waals surface area contributed by atoms with Gasteiger partial charge in [-0.15, -0.1) is 11.3 Å². The molecule has 7 aromatic rings. The molecule has 9 nitrogen and oxygen atoms in total. The molecule has 190 valence electrons. The number of thiophene rings is 1. The number of hydrogen-bond donors (Lipinski definition) is 4. The van der Waals surface area contributed by atoms with Crippen LogP contribution in [0.4, 0.5) is 10.1 Å². The lowest BCUT2D eigenvalue weighted by molar-refractivity contribution is 0.208. The van der Waals surface area contributed by atoms with Gasteiger partial charge >= 0.3 is 0 Å². The van der Waals surface area contributed by atoms with Gasteiger partial charge in [0.25, 0.3) is 0 Å². The minimum absolute atomic E-state index is 0.265. The van der Waals surface area contributed by atoms with Crippen molar-refractivity contribution in [3.63, 3.8) is 0 Å². The topological polar surface area (TPSA) is 128 Å². The number of aliphatic hydroxyl groups excluding tert-OH is 1. The number of aliphatic hydroxyl groups is 1. The van der Waals surface area contributed by atoms with Gasteiger partial charge in [0.15, 0.2) is 22.8 Å². The van der Waals surface area contributed by atoms with E-state index in [9.17, 15) is 9.50 Å². The number of benzene rings is 1. The number of aromatic nitrogens is 7. The van der Waals surface area contributed by atoms with Crippen LogP contribution < -0.4 is 5.32 Å². The summed E-state index contributed by atoms with van der Waals surface area (Å²) in [7, 11) is 0. The van der Waals surface area contributed by atoms with Crippen LogP contribution in [0.15, 0.2) is 85.6 Å². The lowest BCUT2D eigenvalue weighted by atomic mass is 10.1. The van der Waals surface area contributed by atoms with E-state index in [1.807, 2.05) is 42.5 Å². The number of nitrogens with zero attached hydrogens (tertiary/aromatic N) is 5. The van der Waals surface area contributed by atoms with Crippen molar-refractivity contribution in [2.75, 3.05) is 5.32 Å². The first-order valence-corrected chi connectivity index (χ1v) is 12.8. The number of rotatable bonds is 6. The highest BCUT2D eigenvalue weighted by Crippen LogP contribution is 2.34. The molecule has 6 heterocycles. The number of hydrogen-bond acceptors (Lipinski definition) is 8. The van der Waals surface area contributed by atoms with Gasteiger partial charge in [-0.05, 0) is 24.3 Å². The van der Waals surface area contributed by atoms with Gasteiger partial charge in [0.05, 0.1) is 29.0 Å². The van der Waals surface area contributed by atoms with Crippen molar-refractivity contribution in [3.8, 4) is 33.1 Å². The van der Waals surface area contributed by atoms with Crippen molar-refractivity contribution < 1.29 is 9.50 Å². The molecule has 0 bridgehead atoms. The van der Waals surface area contributed by atoms with Crippen LogP contribution in [0.5, 0.6) is 0 Å². The van der Waals surface area contributed by atoms with Crippen molar-refractivity contribution in [1.82, 2.24) is 35.1 Å². The fourth-order valence-corrected chi connectivity index (χ4v) is 5.22. The van der Waals surface area contributed by atoms with E-state index in [0.717, 1.165) is 49.4 Å². The first-order chi connectivity index (χ1) is 19.1. The highest BCUT2D eigenvalue weighted by Gasteiger charge is 2.17. The molecule has 0 aliphatic heterocycles. The predicted octanol–water partition coefficient (Wildman–Crippen LogP) is 5.93. The van der Waals surface area contributed by atoms with Crippen molar-refractivity contribution in [1.29, 1.82) is 0 Å². The van der Waals surface area contributed by atoms with Crippen molar-refractivity contribution >= 4 is 39.1 Å². The van der Waals surface area contributed by atoms with E-state index < -0.39 is 6.23 Å². The third kappa shape index (κ3) is 4.29. The van der Waals surface area contributed by atoms with Gasteiger partial charge in [0, 0.05) is 45.7 Å². The molecule has 0 saturated heterocycles. The summed E-state index contributed by atoms with van der Waals surface area (Å²) in [5.41, 5.74) is 6.42. The van der Waals surface area contributed by atoms with Crippen LogP contribution in [-0.4, -0.2) is 40.2 Å². The van der Waals surface area contributed by atoms with E-state index in [1.165, 1.54) is 6.07 Å². The van der Waals surface area contributed by atoms with Crippen LogP contribution in [-0.2, 0) is 0 Å². The van der Waals surface area contributed by atoms with E-state index >= 15 is 0 Å². The smallest absolute Gasteiger partial charge is 0.181 e. The molecule has 1 aromatic carbocycles. The molecule has 6 aromatic heterocycles. The summed E-state index contributed by atoms with van der Waals surface area (Å²) >= 11 is 1.05. The Balaban J connectivity index is 1.25. The minimum atomic E-state index is -0.873. The molecule has 0 radical (unpaired) electrons. The molecule has 7 rings (SSSR count). The second-order valence-corrected chi connectivity index (χ2v) is 9.92. The first kappa shape index (κ1) is 23.1. The largest absolute Gasteiger partial charge is 0.369 e. The number of H-pyrrole nitrogens is 2. The normalized spacial score (nSPS) is 12.3. The molecule has 0 amide bonds. The fourth-order valence-electron chi connectivity index (χ4n) is 4.48. The summed E-state index contributed by atoms with van der Waals surface area (Å²) in [6.07, 6.45) is 7.63.